The lowest BCUT2D eigenvalue weighted by molar-refractivity contribution is 0.124. The second-order valence-electron chi connectivity index (χ2n) is 5.51. The number of aliphatic hydroxyl groups excluding tert-OH is 1. The second-order valence-corrected chi connectivity index (χ2v) is 5.51. The molecule has 2 fully saturated rings. The van der Waals surface area contributed by atoms with Crippen molar-refractivity contribution in [3.05, 3.63) is 0 Å². The van der Waals surface area contributed by atoms with Crippen LogP contribution in [0.1, 0.15) is 33.1 Å². The number of fused-ring (bicyclic) bond motifs is 1. The largest absolute Gasteiger partial charge is 0.393 e. The summed E-state index contributed by atoms with van der Waals surface area (Å²) in [6, 6.07) is 0. The Morgan fingerprint density at radius 1 is 1.29 bits per heavy atom. The molecule has 2 nitrogen and oxygen atoms in total. The van der Waals surface area contributed by atoms with E-state index in [1.807, 2.05) is 0 Å². The van der Waals surface area contributed by atoms with E-state index in [0.29, 0.717) is 5.92 Å². The van der Waals surface area contributed by atoms with Gasteiger partial charge in [0.25, 0.3) is 0 Å². The van der Waals surface area contributed by atoms with E-state index in [4.69, 9.17) is 0 Å². The maximum Gasteiger partial charge on any atom is 0.0583 e. The highest BCUT2D eigenvalue weighted by Gasteiger charge is 2.41. The Hall–Kier alpha value is -0.0800. The van der Waals surface area contributed by atoms with Crippen LogP contribution < -0.4 is 0 Å². The lowest BCUT2D eigenvalue weighted by Crippen LogP contribution is -2.26. The molecule has 0 bridgehead atoms. The van der Waals surface area contributed by atoms with Crippen LogP contribution in [-0.4, -0.2) is 35.7 Å². The summed E-state index contributed by atoms with van der Waals surface area (Å²) in [6.45, 7) is 8.20. The van der Waals surface area contributed by atoms with Gasteiger partial charge in [-0.05, 0) is 37.6 Å². The highest BCUT2D eigenvalue weighted by atomic mass is 16.3. The van der Waals surface area contributed by atoms with E-state index in [2.05, 4.69) is 18.7 Å². The quantitative estimate of drug-likeness (QED) is 0.745. The summed E-state index contributed by atoms with van der Waals surface area (Å²) < 4.78 is 0. The van der Waals surface area contributed by atoms with E-state index in [-0.39, 0.29) is 6.10 Å². The summed E-state index contributed by atoms with van der Waals surface area (Å²) in [5, 5.41) is 9.77. The molecule has 2 aliphatic rings. The maximum absolute atomic E-state index is 9.77. The van der Waals surface area contributed by atoms with Crippen LogP contribution in [-0.2, 0) is 0 Å². The summed E-state index contributed by atoms with van der Waals surface area (Å²) in [5.74, 6) is 2.21. The molecule has 0 aromatic carbocycles. The average Bonchev–Trinajstić information content (AvgIpc) is 2.65. The Balaban J connectivity index is 1.78. The van der Waals surface area contributed by atoms with Crippen LogP contribution >= 0.6 is 0 Å². The van der Waals surface area contributed by atoms with Gasteiger partial charge in [-0.1, -0.05) is 13.8 Å². The fraction of sp³-hybridized carbons (Fsp3) is 1.00. The minimum absolute atomic E-state index is 0.00375. The van der Waals surface area contributed by atoms with Crippen LogP contribution in [0.3, 0.4) is 0 Å². The third-order valence-electron chi connectivity index (χ3n) is 3.92. The molecule has 0 aromatic rings. The van der Waals surface area contributed by atoms with E-state index in [0.717, 1.165) is 24.8 Å². The van der Waals surface area contributed by atoms with Gasteiger partial charge in [-0.2, -0.15) is 0 Å². The Morgan fingerprint density at radius 3 is 2.71 bits per heavy atom. The van der Waals surface area contributed by atoms with Crippen LogP contribution in [0.4, 0.5) is 0 Å². The molecule has 2 heteroatoms. The molecule has 0 radical (unpaired) electrons. The zero-order chi connectivity index (χ0) is 10.1. The Bertz CT molecular complexity index is 193. The van der Waals surface area contributed by atoms with Crippen LogP contribution in [0, 0.1) is 17.8 Å². The zero-order valence-corrected chi connectivity index (χ0v) is 9.45. The molecule has 1 heterocycles. The first-order chi connectivity index (χ1) is 6.66. The standard InChI is InChI=1S/C12H23NO/c1-9(2)5-6-13-7-10-3-4-12(14)11(10)8-13/h9-12,14H,3-8H2,1-2H3. The van der Waals surface area contributed by atoms with Crippen molar-refractivity contribution >= 4 is 0 Å². The Kier molecular flexibility index (Phi) is 3.13. The van der Waals surface area contributed by atoms with E-state index in [9.17, 15) is 5.11 Å². The van der Waals surface area contributed by atoms with Crippen molar-refractivity contribution in [2.24, 2.45) is 17.8 Å². The van der Waals surface area contributed by atoms with Crippen molar-refractivity contribution in [3.63, 3.8) is 0 Å². The maximum atomic E-state index is 9.77. The molecule has 2 rings (SSSR count). The van der Waals surface area contributed by atoms with Crippen molar-refractivity contribution < 1.29 is 5.11 Å². The number of hydrogen-bond acceptors (Lipinski definition) is 2. The first kappa shape index (κ1) is 10.4. The predicted molar refractivity (Wildman–Crippen MR) is 58.1 cm³/mol. The molecule has 14 heavy (non-hydrogen) atoms. The molecule has 1 N–H and O–H groups in total. The highest BCUT2D eigenvalue weighted by Crippen LogP contribution is 2.38. The number of aliphatic hydroxyl groups is 1. The topological polar surface area (TPSA) is 23.5 Å². The van der Waals surface area contributed by atoms with E-state index in [1.165, 1.54) is 25.9 Å². The van der Waals surface area contributed by atoms with Gasteiger partial charge in [0, 0.05) is 19.0 Å². The van der Waals surface area contributed by atoms with Gasteiger partial charge in [0.15, 0.2) is 0 Å². The number of hydrogen-bond donors (Lipinski definition) is 1. The van der Waals surface area contributed by atoms with Crippen molar-refractivity contribution in [3.8, 4) is 0 Å². The molecule has 1 saturated carbocycles. The molecule has 82 valence electrons. The monoisotopic (exact) mass is 197 g/mol. The van der Waals surface area contributed by atoms with E-state index in [1.54, 1.807) is 0 Å². The SMILES string of the molecule is CC(C)CCN1CC2CCC(O)C2C1. The van der Waals surface area contributed by atoms with Crippen LogP contribution in [0.5, 0.6) is 0 Å². The summed E-state index contributed by atoms with van der Waals surface area (Å²) in [6.07, 6.45) is 3.61. The van der Waals surface area contributed by atoms with Crippen molar-refractivity contribution in [1.29, 1.82) is 0 Å². The van der Waals surface area contributed by atoms with Gasteiger partial charge in [0.05, 0.1) is 6.10 Å². The molecule has 3 unspecified atom stereocenters. The van der Waals surface area contributed by atoms with Gasteiger partial charge < -0.3 is 10.0 Å². The van der Waals surface area contributed by atoms with Gasteiger partial charge in [-0.15, -0.1) is 0 Å². The summed E-state index contributed by atoms with van der Waals surface area (Å²) in [4.78, 5) is 2.55. The molecular weight excluding hydrogens is 174 g/mol. The van der Waals surface area contributed by atoms with E-state index >= 15 is 0 Å². The normalized spacial score (nSPS) is 38.1. The van der Waals surface area contributed by atoms with Gasteiger partial charge in [-0.25, -0.2) is 0 Å². The first-order valence-electron chi connectivity index (χ1n) is 6.07. The molecule has 0 amide bonds. The summed E-state index contributed by atoms with van der Waals surface area (Å²) >= 11 is 0. The van der Waals surface area contributed by atoms with Crippen molar-refractivity contribution in [1.82, 2.24) is 4.90 Å². The highest BCUT2D eigenvalue weighted by molar-refractivity contribution is 4.93. The molecule has 0 aromatic heterocycles. The minimum atomic E-state index is 0.00375. The summed E-state index contributed by atoms with van der Waals surface area (Å²) in [7, 11) is 0. The van der Waals surface area contributed by atoms with Crippen LogP contribution in [0.15, 0.2) is 0 Å². The molecular formula is C12H23NO. The summed E-state index contributed by atoms with van der Waals surface area (Å²) in [5.41, 5.74) is 0. The van der Waals surface area contributed by atoms with E-state index < -0.39 is 0 Å². The number of likely N-dealkylation sites (tertiary alicyclic amines) is 1. The Morgan fingerprint density at radius 2 is 2.07 bits per heavy atom. The Labute approximate surface area is 87.3 Å². The van der Waals surface area contributed by atoms with Gasteiger partial charge in [-0.3, -0.25) is 0 Å². The molecule has 1 aliphatic carbocycles. The number of rotatable bonds is 3. The second kappa shape index (κ2) is 4.19. The smallest absolute Gasteiger partial charge is 0.0583 e. The third kappa shape index (κ3) is 2.12. The van der Waals surface area contributed by atoms with Crippen molar-refractivity contribution in [2.75, 3.05) is 19.6 Å². The number of nitrogens with zero attached hydrogens (tertiary/aromatic N) is 1. The fourth-order valence-electron chi connectivity index (χ4n) is 2.95. The first-order valence-corrected chi connectivity index (χ1v) is 6.07. The zero-order valence-electron chi connectivity index (χ0n) is 9.45. The fourth-order valence-corrected chi connectivity index (χ4v) is 2.95. The molecule has 1 aliphatic heterocycles. The van der Waals surface area contributed by atoms with Gasteiger partial charge in [0.1, 0.15) is 0 Å². The lowest BCUT2D eigenvalue weighted by Gasteiger charge is -2.18. The van der Waals surface area contributed by atoms with Crippen LogP contribution in [0.2, 0.25) is 0 Å². The third-order valence-corrected chi connectivity index (χ3v) is 3.92. The predicted octanol–water partition coefficient (Wildman–Crippen LogP) is 1.74. The van der Waals surface area contributed by atoms with Gasteiger partial charge in [0.2, 0.25) is 0 Å². The van der Waals surface area contributed by atoms with Crippen molar-refractivity contribution in [2.45, 2.75) is 39.2 Å². The van der Waals surface area contributed by atoms with Gasteiger partial charge >= 0.3 is 0 Å². The lowest BCUT2D eigenvalue weighted by atomic mass is 10.00. The molecule has 3 atom stereocenters. The minimum Gasteiger partial charge on any atom is -0.393 e. The average molecular weight is 197 g/mol. The molecule has 0 spiro atoms. The molecule has 1 saturated heterocycles. The van der Waals surface area contributed by atoms with Crippen LogP contribution in [0.25, 0.3) is 0 Å².